The summed E-state index contributed by atoms with van der Waals surface area (Å²) in [5, 5.41) is 11.0. The topological polar surface area (TPSA) is 38.1 Å². The summed E-state index contributed by atoms with van der Waals surface area (Å²) in [6.07, 6.45) is 3.22. The number of thioether (sulfide) groups is 1. The molecule has 3 nitrogen and oxygen atoms in total. The monoisotopic (exact) mass is 248 g/mol. The molecule has 1 atom stereocenters. The molecule has 2 rings (SSSR count). The predicted molar refractivity (Wildman–Crippen MR) is 70.1 cm³/mol. The van der Waals surface area contributed by atoms with Gasteiger partial charge in [-0.25, -0.2) is 4.98 Å². The first-order chi connectivity index (χ1) is 8.16. The Labute approximate surface area is 106 Å². The van der Waals surface area contributed by atoms with Gasteiger partial charge in [0, 0.05) is 25.2 Å². The smallest absolute Gasteiger partial charge is 0.167 e. The predicted octanol–water partition coefficient (Wildman–Crippen LogP) is 2.55. The van der Waals surface area contributed by atoms with Crippen LogP contribution >= 0.6 is 11.8 Å². The second-order valence-electron chi connectivity index (χ2n) is 4.06. The minimum atomic E-state index is -0.447. The van der Waals surface area contributed by atoms with Crippen molar-refractivity contribution < 1.29 is 5.11 Å². The normalized spacial score (nSPS) is 12.6. The summed E-state index contributed by atoms with van der Waals surface area (Å²) < 4.78 is 1.95. The van der Waals surface area contributed by atoms with Crippen LogP contribution in [0.15, 0.2) is 41.8 Å². The quantitative estimate of drug-likeness (QED) is 0.845. The summed E-state index contributed by atoms with van der Waals surface area (Å²) in [5.74, 6) is 0.619. The van der Waals surface area contributed by atoms with Crippen LogP contribution in [0.25, 0.3) is 0 Å². The Kier molecular flexibility index (Phi) is 3.86. The molecule has 0 radical (unpaired) electrons. The molecule has 1 aromatic carbocycles. The highest BCUT2D eigenvalue weighted by Gasteiger charge is 2.09. The number of imidazole rings is 1. The molecule has 0 saturated heterocycles. The third kappa shape index (κ3) is 3.11. The van der Waals surface area contributed by atoms with Gasteiger partial charge in [0.25, 0.3) is 0 Å². The maximum atomic E-state index is 10.0. The zero-order valence-corrected chi connectivity index (χ0v) is 10.8. The van der Waals surface area contributed by atoms with Crippen molar-refractivity contribution in [2.24, 2.45) is 7.05 Å². The third-order valence-electron chi connectivity index (χ3n) is 2.61. The summed E-state index contributed by atoms with van der Waals surface area (Å²) in [7, 11) is 1.95. The molecule has 17 heavy (non-hydrogen) atoms. The first-order valence-electron chi connectivity index (χ1n) is 5.51. The van der Waals surface area contributed by atoms with E-state index in [1.54, 1.807) is 18.0 Å². The lowest BCUT2D eigenvalue weighted by Gasteiger charge is -2.10. The summed E-state index contributed by atoms with van der Waals surface area (Å²) in [6, 6.07) is 7.98. The van der Waals surface area contributed by atoms with Gasteiger partial charge in [-0.1, -0.05) is 41.6 Å². The van der Waals surface area contributed by atoms with E-state index in [0.29, 0.717) is 5.75 Å². The fourth-order valence-corrected chi connectivity index (χ4v) is 2.43. The molecule has 0 amide bonds. The zero-order valence-electron chi connectivity index (χ0n) is 10.00. The number of benzene rings is 1. The van der Waals surface area contributed by atoms with E-state index in [1.165, 1.54) is 5.56 Å². The van der Waals surface area contributed by atoms with Crippen LogP contribution in [0.5, 0.6) is 0 Å². The average Bonchev–Trinajstić information content (AvgIpc) is 2.73. The minimum Gasteiger partial charge on any atom is -0.388 e. The standard InChI is InChI=1S/C13H16N2OS/c1-10-3-5-11(6-4-10)12(16)9-17-13-14-7-8-15(13)2/h3-8,12,16H,9H2,1-2H3. The van der Waals surface area contributed by atoms with Crippen LogP contribution in [0.1, 0.15) is 17.2 Å². The number of aliphatic hydroxyl groups is 1. The van der Waals surface area contributed by atoms with Crippen molar-refractivity contribution in [1.29, 1.82) is 0 Å². The van der Waals surface area contributed by atoms with E-state index in [4.69, 9.17) is 0 Å². The SMILES string of the molecule is Cc1ccc(C(O)CSc2nccn2C)cc1. The Bertz CT molecular complexity index is 478. The first kappa shape index (κ1) is 12.2. The lowest BCUT2D eigenvalue weighted by molar-refractivity contribution is 0.204. The molecule has 0 saturated carbocycles. The summed E-state index contributed by atoms with van der Waals surface area (Å²) in [4.78, 5) is 4.21. The van der Waals surface area contributed by atoms with E-state index in [1.807, 2.05) is 49.0 Å². The number of aryl methyl sites for hydroxylation is 2. The molecule has 0 aliphatic rings. The summed E-state index contributed by atoms with van der Waals surface area (Å²) in [5.41, 5.74) is 2.16. The summed E-state index contributed by atoms with van der Waals surface area (Å²) in [6.45, 7) is 2.04. The fourth-order valence-electron chi connectivity index (χ4n) is 1.53. The van der Waals surface area contributed by atoms with Crippen LogP contribution in [0.3, 0.4) is 0 Å². The summed E-state index contributed by atoms with van der Waals surface area (Å²) >= 11 is 1.56. The van der Waals surface area contributed by atoms with Gasteiger partial charge in [-0.05, 0) is 12.5 Å². The van der Waals surface area contributed by atoms with Gasteiger partial charge in [-0.15, -0.1) is 0 Å². The van der Waals surface area contributed by atoms with Crippen molar-refractivity contribution in [2.75, 3.05) is 5.75 Å². The molecule has 1 aromatic heterocycles. The molecule has 0 bridgehead atoms. The van der Waals surface area contributed by atoms with Crippen molar-refractivity contribution in [3.63, 3.8) is 0 Å². The maximum Gasteiger partial charge on any atom is 0.167 e. The van der Waals surface area contributed by atoms with Crippen LogP contribution in [-0.4, -0.2) is 20.4 Å². The molecule has 4 heteroatoms. The number of hydrogen-bond acceptors (Lipinski definition) is 3. The van der Waals surface area contributed by atoms with Gasteiger partial charge in [-0.3, -0.25) is 0 Å². The molecule has 1 heterocycles. The number of aliphatic hydroxyl groups excluding tert-OH is 1. The molecule has 1 unspecified atom stereocenters. The maximum absolute atomic E-state index is 10.0. The number of nitrogens with zero attached hydrogens (tertiary/aromatic N) is 2. The van der Waals surface area contributed by atoms with Gasteiger partial charge in [0.2, 0.25) is 0 Å². The van der Waals surface area contributed by atoms with Gasteiger partial charge in [0.15, 0.2) is 5.16 Å². The van der Waals surface area contributed by atoms with Gasteiger partial charge >= 0.3 is 0 Å². The Hall–Kier alpha value is -1.26. The number of aromatic nitrogens is 2. The van der Waals surface area contributed by atoms with Crippen molar-refractivity contribution in [3.8, 4) is 0 Å². The van der Waals surface area contributed by atoms with Crippen molar-refractivity contribution in [1.82, 2.24) is 9.55 Å². The highest BCUT2D eigenvalue weighted by atomic mass is 32.2. The lowest BCUT2D eigenvalue weighted by Crippen LogP contribution is -2.01. The molecule has 1 N–H and O–H groups in total. The van der Waals surface area contributed by atoms with E-state index in [9.17, 15) is 5.11 Å². The Morgan fingerprint density at radius 2 is 2.06 bits per heavy atom. The fraction of sp³-hybridized carbons (Fsp3) is 0.308. The van der Waals surface area contributed by atoms with Crippen molar-refractivity contribution in [3.05, 3.63) is 47.8 Å². The van der Waals surface area contributed by atoms with E-state index < -0.39 is 6.10 Å². The zero-order chi connectivity index (χ0) is 12.3. The molecule has 0 aliphatic carbocycles. The highest BCUT2D eigenvalue weighted by molar-refractivity contribution is 7.99. The Morgan fingerprint density at radius 3 is 2.65 bits per heavy atom. The van der Waals surface area contributed by atoms with Crippen molar-refractivity contribution >= 4 is 11.8 Å². The van der Waals surface area contributed by atoms with E-state index >= 15 is 0 Å². The van der Waals surface area contributed by atoms with E-state index in [2.05, 4.69) is 4.98 Å². The second-order valence-corrected chi connectivity index (χ2v) is 5.05. The van der Waals surface area contributed by atoms with Crippen molar-refractivity contribution in [2.45, 2.75) is 18.2 Å². The molecule has 0 aliphatic heterocycles. The highest BCUT2D eigenvalue weighted by Crippen LogP contribution is 2.23. The minimum absolute atomic E-state index is 0.447. The number of hydrogen-bond donors (Lipinski definition) is 1. The molecule has 0 spiro atoms. The van der Waals surface area contributed by atoms with Gasteiger partial charge < -0.3 is 9.67 Å². The Balaban J connectivity index is 1.95. The molecular formula is C13H16N2OS. The van der Waals surface area contributed by atoms with Crippen LogP contribution < -0.4 is 0 Å². The first-order valence-corrected chi connectivity index (χ1v) is 6.50. The van der Waals surface area contributed by atoms with Crippen LogP contribution in [0, 0.1) is 6.92 Å². The van der Waals surface area contributed by atoms with Gasteiger partial charge in [0.05, 0.1) is 6.10 Å². The Morgan fingerprint density at radius 1 is 1.35 bits per heavy atom. The molecule has 2 aromatic rings. The molecule has 0 fully saturated rings. The lowest BCUT2D eigenvalue weighted by atomic mass is 10.1. The largest absolute Gasteiger partial charge is 0.388 e. The van der Waals surface area contributed by atoms with E-state index in [-0.39, 0.29) is 0 Å². The second kappa shape index (κ2) is 5.38. The van der Waals surface area contributed by atoms with Gasteiger partial charge in [0.1, 0.15) is 0 Å². The molecular weight excluding hydrogens is 232 g/mol. The molecule has 90 valence electrons. The van der Waals surface area contributed by atoms with E-state index in [0.717, 1.165) is 10.7 Å². The average molecular weight is 248 g/mol. The van der Waals surface area contributed by atoms with Crippen LogP contribution in [-0.2, 0) is 7.05 Å². The number of rotatable bonds is 4. The van der Waals surface area contributed by atoms with Gasteiger partial charge in [-0.2, -0.15) is 0 Å². The van der Waals surface area contributed by atoms with Crippen LogP contribution in [0.4, 0.5) is 0 Å². The van der Waals surface area contributed by atoms with Crippen LogP contribution in [0.2, 0.25) is 0 Å². The third-order valence-corrected chi connectivity index (χ3v) is 3.74.